The maximum atomic E-state index is 12.0. The molecule has 1 aromatic carbocycles. The number of ether oxygens (including phenoxy) is 1. The Kier molecular flexibility index (Phi) is 5.35. The van der Waals surface area contributed by atoms with E-state index < -0.39 is 16.1 Å². The van der Waals surface area contributed by atoms with Gasteiger partial charge in [0.25, 0.3) is 0 Å². The van der Waals surface area contributed by atoms with Crippen LogP contribution in [0.15, 0.2) is 41.3 Å². The molecule has 156 valence electrons. The SMILES string of the molecule is CS(=O)(=O)N1CCC(Cc2ccc(NC(=O)OCc3cnco3)cc2)CC12CC2. The van der Waals surface area contributed by atoms with Gasteiger partial charge in [-0.15, -0.1) is 0 Å². The van der Waals surface area contributed by atoms with Crippen molar-refractivity contribution in [3.63, 3.8) is 0 Å². The predicted molar refractivity (Wildman–Crippen MR) is 107 cm³/mol. The van der Waals surface area contributed by atoms with E-state index in [0.717, 1.165) is 32.1 Å². The number of hydrogen-bond acceptors (Lipinski definition) is 6. The molecule has 1 spiro atoms. The number of nitrogens with one attached hydrogen (secondary N) is 1. The number of amides is 1. The molecule has 4 rings (SSSR count). The Morgan fingerprint density at radius 3 is 2.72 bits per heavy atom. The maximum absolute atomic E-state index is 12.0. The zero-order chi connectivity index (χ0) is 20.5. The lowest BCUT2D eigenvalue weighted by molar-refractivity contribution is 0.146. The van der Waals surface area contributed by atoms with Gasteiger partial charge in [-0.25, -0.2) is 18.2 Å². The quantitative estimate of drug-likeness (QED) is 0.772. The number of hydrogen-bond donors (Lipinski definition) is 1. The first-order valence-electron chi connectivity index (χ1n) is 9.72. The van der Waals surface area contributed by atoms with Gasteiger partial charge >= 0.3 is 6.09 Å². The van der Waals surface area contributed by atoms with Crippen molar-refractivity contribution >= 4 is 21.8 Å². The molecule has 2 aliphatic rings. The lowest BCUT2D eigenvalue weighted by Gasteiger charge is -2.38. The molecule has 1 aliphatic heterocycles. The van der Waals surface area contributed by atoms with Crippen molar-refractivity contribution in [3.8, 4) is 0 Å². The first kappa shape index (κ1) is 19.9. The van der Waals surface area contributed by atoms with E-state index >= 15 is 0 Å². The lowest BCUT2D eigenvalue weighted by atomic mass is 9.86. The second-order valence-electron chi connectivity index (χ2n) is 7.99. The van der Waals surface area contributed by atoms with Gasteiger partial charge in [0.15, 0.2) is 18.8 Å². The molecule has 1 saturated carbocycles. The fourth-order valence-electron chi connectivity index (χ4n) is 4.23. The Morgan fingerprint density at radius 1 is 1.34 bits per heavy atom. The van der Waals surface area contributed by atoms with Gasteiger partial charge in [0, 0.05) is 17.8 Å². The third kappa shape index (κ3) is 4.79. The van der Waals surface area contributed by atoms with Gasteiger partial charge < -0.3 is 9.15 Å². The van der Waals surface area contributed by atoms with Gasteiger partial charge in [-0.1, -0.05) is 12.1 Å². The highest BCUT2D eigenvalue weighted by molar-refractivity contribution is 7.88. The van der Waals surface area contributed by atoms with Crippen molar-refractivity contribution in [3.05, 3.63) is 48.2 Å². The summed E-state index contributed by atoms with van der Waals surface area (Å²) in [5.74, 6) is 0.951. The monoisotopic (exact) mass is 419 g/mol. The van der Waals surface area contributed by atoms with Crippen LogP contribution in [-0.2, 0) is 27.8 Å². The Bertz CT molecular complexity index is 953. The van der Waals surface area contributed by atoms with Gasteiger partial charge in [0.2, 0.25) is 10.0 Å². The smallest absolute Gasteiger partial charge is 0.412 e. The van der Waals surface area contributed by atoms with Crippen molar-refractivity contribution in [1.29, 1.82) is 0 Å². The lowest BCUT2D eigenvalue weighted by Crippen LogP contribution is -2.47. The molecular weight excluding hydrogens is 394 g/mol. The number of rotatable bonds is 6. The van der Waals surface area contributed by atoms with Crippen LogP contribution in [0.2, 0.25) is 0 Å². The van der Waals surface area contributed by atoms with E-state index in [2.05, 4.69) is 10.3 Å². The third-order valence-corrected chi connectivity index (χ3v) is 7.09. The number of oxazole rings is 1. The molecule has 1 saturated heterocycles. The second kappa shape index (κ2) is 7.79. The van der Waals surface area contributed by atoms with E-state index in [1.54, 1.807) is 4.31 Å². The fraction of sp³-hybridized carbons (Fsp3) is 0.500. The molecule has 9 heteroatoms. The van der Waals surface area contributed by atoms with Crippen LogP contribution in [0.5, 0.6) is 0 Å². The summed E-state index contributed by atoms with van der Waals surface area (Å²) in [6, 6.07) is 7.69. The normalized spacial score (nSPS) is 21.1. The third-order valence-electron chi connectivity index (χ3n) is 5.72. The predicted octanol–water partition coefficient (Wildman–Crippen LogP) is 3.17. The Morgan fingerprint density at radius 2 is 2.10 bits per heavy atom. The van der Waals surface area contributed by atoms with Gasteiger partial charge in [-0.05, 0) is 55.7 Å². The minimum absolute atomic E-state index is 0.0256. The molecule has 29 heavy (non-hydrogen) atoms. The fourth-order valence-corrected chi connectivity index (χ4v) is 5.63. The summed E-state index contributed by atoms with van der Waals surface area (Å²) < 4.78 is 35.8. The van der Waals surface area contributed by atoms with Crippen LogP contribution in [0.4, 0.5) is 10.5 Å². The maximum Gasteiger partial charge on any atom is 0.412 e. The van der Waals surface area contributed by atoms with Crippen molar-refractivity contribution < 1.29 is 22.4 Å². The van der Waals surface area contributed by atoms with E-state index in [4.69, 9.17) is 9.15 Å². The number of carbonyl (C=O) groups excluding carboxylic acids is 1. The van der Waals surface area contributed by atoms with E-state index in [1.165, 1.54) is 24.4 Å². The molecule has 2 fully saturated rings. The highest BCUT2D eigenvalue weighted by Crippen LogP contribution is 2.51. The Balaban J connectivity index is 1.28. The number of piperidine rings is 1. The largest absolute Gasteiger partial charge is 0.445 e. The van der Waals surface area contributed by atoms with E-state index in [0.29, 0.717) is 23.9 Å². The summed E-state index contributed by atoms with van der Waals surface area (Å²) in [5.41, 5.74) is 1.70. The zero-order valence-electron chi connectivity index (χ0n) is 16.3. The summed E-state index contributed by atoms with van der Waals surface area (Å²) in [5, 5.41) is 2.68. The first-order valence-corrected chi connectivity index (χ1v) is 11.6. The van der Waals surface area contributed by atoms with Crippen LogP contribution in [0.3, 0.4) is 0 Å². The standard InChI is InChI=1S/C20H25N3O5S/c1-29(25,26)23-9-6-16(11-20(23)7-8-20)10-15-2-4-17(5-3-15)22-19(24)27-13-18-12-21-14-28-18/h2-5,12,14,16H,6-11,13H2,1H3,(H,22,24). The molecule has 1 N–H and O–H groups in total. The Labute approximate surface area is 170 Å². The number of anilines is 1. The molecule has 1 amide bonds. The average molecular weight is 420 g/mol. The van der Waals surface area contributed by atoms with Gasteiger partial charge in [-0.2, -0.15) is 4.31 Å². The van der Waals surface area contributed by atoms with Gasteiger partial charge in [0.05, 0.1) is 12.5 Å². The zero-order valence-corrected chi connectivity index (χ0v) is 17.2. The molecule has 1 unspecified atom stereocenters. The van der Waals surface area contributed by atoms with Crippen LogP contribution < -0.4 is 5.32 Å². The van der Waals surface area contributed by atoms with Crippen molar-refractivity contribution in [2.24, 2.45) is 5.92 Å². The highest BCUT2D eigenvalue weighted by atomic mass is 32.2. The second-order valence-corrected chi connectivity index (χ2v) is 9.90. The molecule has 2 heterocycles. The molecule has 2 aromatic rings. The molecule has 1 atom stereocenters. The van der Waals surface area contributed by atoms with E-state index in [-0.39, 0.29) is 12.1 Å². The molecular formula is C20H25N3O5S. The van der Waals surface area contributed by atoms with Gasteiger partial charge in [-0.3, -0.25) is 5.32 Å². The molecule has 1 aliphatic carbocycles. The van der Waals surface area contributed by atoms with Crippen molar-refractivity contribution in [1.82, 2.24) is 9.29 Å². The Hall–Kier alpha value is -2.39. The molecule has 0 bridgehead atoms. The number of aromatic nitrogens is 1. The van der Waals surface area contributed by atoms with Crippen LogP contribution in [0, 0.1) is 5.92 Å². The molecule has 0 radical (unpaired) electrons. The van der Waals surface area contributed by atoms with E-state index in [9.17, 15) is 13.2 Å². The van der Waals surface area contributed by atoms with Crippen LogP contribution in [0.25, 0.3) is 0 Å². The first-order chi connectivity index (χ1) is 13.8. The number of benzene rings is 1. The average Bonchev–Trinajstić information content (AvgIpc) is 3.21. The van der Waals surface area contributed by atoms with Crippen LogP contribution in [0.1, 0.15) is 37.0 Å². The van der Waals surface area contributed by atoms with Crippen LogP contribution in [-0.4, -0.2) is 42.1 Å². The minimum Gasteiger partial charge on any atom is -0.445 e. The molecule has 8 nitrogen and oxygen atoms in total. The minimum atomic E-state index is -3.13. The summed E-state index contributed by atoms with van der Waals surface area (Å²) >= 11 is 0. The van der Waals surface area contributed by atoms with Crippen molar-refractivity contribution in [2.45, 2.75) is 44.2 Å². The number of nitrogens with zero attached hydrogens (tertiary/aromatic N) is 2. The van der Waals surface area contributed by atoms with E-state index in [1.807, 2.05) is 24.3 Å². The summed E-state index contributed by atoms with van der Waals surface area (Å²) in [6.45, 7) is 0.637. The number of sulfonamides is 1. The van der Waals surface area contributed by atoms with Gasteiger partial charge in [0.1, 0.15) is 0 Å². The summed E-state index contributed by atoms with van der Waals surface area (Å²) in [7, 11) is -3.13. The highest BCUT2D eigenvalue weighted by Gasteiger charge is 2.54. The number of carbonyl (C=O) groups is 1. The summed E-state index contributed by atoms with van der Waals surface area (Å²) in [6.07, 6.45) is 8.19. The summed E-state index contributed by atoms with van der Waals surface area (Å²) in [4.78, 5) is 15.6. The topological polar surface area (TPSA) is 102 Å². The molecule has 1 aromatic heterocycles. The van der Waals surface area contributed by atoms with Crippen LogP contribution >= 0.6 is 0 Å². The van der Waals surface area contributed by atoms with Crippen molar-refractivity contribution in [2.75, 3.05) is 18.1 Å².